The molecule has 19 heavy (non-hydrogen) atoms. The van der Waals surface area contributed by atoms with Crippen molar-refractivity contribution in [2.24, 2.45) is 11.8 Å². The van der Waals surface area contributed by atoms with Crippen LogP contribution in [0.2, 0.25) is 0 Å². The van der Waals surface area contributed by atoms with Crippen LogP contribution in [0.4, 0.5) is 4.39 Å². The van der Waals surface area contributed by atoms with Gasteiger partial charge in [-0.3, -0.25) is 4.90 Å². The van der Waals surface area contributed by atoms with E-state index in [1.165, 1.54) is 38.5 Å². The molecule has 2 nitrogen and oxygen atoms in total. The first-order valence-corrected chi connectivity index (χ1v) is 8.29. The number of piperazine rings is 1. The Morgan fingerprint density at radius 3 is 2.63 bits per heavy atom. The molecule has 2 rings (SSSR count). The number of hydrogen-bond donors (Lipinski definition) is 1. The van der Waals surface area contributed by atoms with Gasteiger partial charge in [-0.25, -0.2) is 4.39 Å². The zero-order valence-electron chi connectivity index (χ0n) is 12.7. The van der Waals surface area contributed by atoms with Crippen molar-refractivity contribution in [2.45, 2.75) is 64.5 Å². The zero-order valence-corrected chi connectivity index (χ0v) is 12.7. The number of halogens is 1. The third kappa shape index (κ3) is 3.91. The maximum Gasteiger partial charge on any atom is 0.102 e. The van der Waals surface area contributed by atoms with Gasteiger partial charge in [-0.2, -0.15) is 0 Å². The van der Waals surface area contributed by atoms with Gasteiger partial charge in [0.1, 0.15) is 6.67 Å². The molecule has 2 fully saturated rings. The van der Waals surface area contributed by atoms with Gasteiger partial charge in [0.05, 0.1) is 0 Å². The van der Waals surface area contributed by atoms with Gasteiger partial charge in [0, 0.05) is 31.7 Å². The van der Waals surface area contributed by atoms with Gasteiger partial charge in [0.15, 0.2) is 0 Å². The minimum atomic E-state index is -0.204. The number of alkyl halides is 1. The van der Waals surface area contributed by atoms with E-state index in [-0.39, 0.29) is 6.67 Å². The fraction of sp³-hybridized carbons (Fsp3) is 1.00. The molecule has 1 aliphatic carbocycles. The summed E-state index contributed by atoms with van der Waals surface area (Å²) in [7, 11) is 0. The van der Waals surface area contributed by atoms with Crippen LogP contribution in [0.5, 0.6) is 0 Å². The Morgan fingerprint density at radius 2 is 2.00 bits per heavy atom. The number of nitrogens with one attached hydrogen (secondary N) is 1. The van der Waals surface area contributed by atoms with Crippen LogP contribution in [-0.2, 0) is 0 Å². The number of nitrogens with zero attached hydrogens (tertiary/aromatic N) is 1. The largest absolute Gasteiger partial charge is 0.311 e. The normalized spacial score (nSPS) is 32.4. The van der Waals surface area contributed by atoms with Crippen molar-refractivity contribution < 1.29 is 4.39 Å². The summed E-state index contributed by atoms with van der Waals surface area (Å²) in [6.07, 6.45) is 8.11. The van der Waals surface area contributed by atoms with E-state index in [1.54, 1.807) is 0 Å². The van der Waals surface area contributed by atoms with Gasteiger partial charge in [-0.1, -0.05) is 39.5 Å². The van der Waals surface area contributed by atoms with E-state index in [1.807, 2.05) is 0 Å². The van der Waals surface area contributed by atoms with Crippen LogP contribution in [0, 0.1) is 11.8 Å². The van der Waals surface area contributed by atoms with Gasteiger partial charge in [-0.15, -0.1) is 0 Å². The Bertz CT molecular complexity index is 253. The summed E-state index contributed by atoms with van der Waals surface area (Å²) in [6.45, 7) is 7.08. The third-order valence-electron chi connectivity index (χ3n) is 5.38. The summed E-state index contributed by atoms with van der Waals surface area (Å²) < 4.78 is 12.8. The van der Waals surface area contributed by atoms with Gasteiger partial charge in [-0.05, 0) is 24.7 Å². The van der Waals surface area contributed by atoms with E-state index in [0.717, 1.165) is 19.0 Å². The fourth-order valence-electron chi connectivity index (χ4n) is 3.90. The van der Waals surface area contributed by atoms with Crippen LogP contribution in [0.15, 0.2) is 0 Å². The first-order valence-electron chi connectivity index (χ1n) is 8.29. The lowest BCUT2D eigenvalue weighted by atomic mass is 9.82. The molecule has 0 amide bonds. The molecule has 0 aromatic carbocycles. The van der Waals surface area contributed by atoms with E-state index in [2.05, 4.69) is 24.1 Å². The van der Waals surface area contributed by atoms with Crippen molar-refractivity contribution in [3.63, 3.8) is 0 Å². The summed E-state index contributed by atoms with van der Waals surface area (Å²) in [5.41, 5.74) is 0. The summed E-state index contributed by atoms with van der Waals surface area (Å²) in [4.78, 5) is 2.42. The Hall–Kier alpha value is -0.150. The first kappa shape index (κ1) is 15.2. The molecule has 0 aromatic heterocycles. The van der Waals surface area contributed by atoms with Crippen LogP contribution in [-0.4, -0.2) is 43.3 Å². The van der Waals surface area contributed by atoms with E-state index in [0.29, 0.717) is 24.5 Å². The van der Waals surface area contributed by atoms with E-state index in [4.69, 9.17) is 0 Å². The van der Waals surface area contributed by atoms with Crippen molar-refractivity contribution in [2.75, 3.05) is 26.3 Å². The van der Waals surface area contributed by atoms with Gasteiger partial charge >= 0.3 is 0 Å². The number of rotatable bonds is 5. The second-order valence-electron chi connectivity index (χ2n) is 6.55. The maximum atomic E-state index is 12.8. The molecule has 2 aliphatic rings. The highest BCUT2D eigenvalue weighted by molar-refractivity contribution is 4.92. The highest BCUT2D eigenvalue weighted by Crippen LogP contribution is 2.29. The number of hydrogen-bond acceptors (Lipinski definition) is 2. The molecule has 3 unspecified atom stereocenters. The second-order valence-corrected chi connectivity index (χ2v) is 6.55. The minimum Gasteiger partial charge on any atom is -0.311 e. The zero-order chi connectivity index (χ0) is 13.7. The van der Waals surface area contributed by atoms with Crippen molar-refractivity contribution in [1.29, 1.82) is 0 Å². The summed E-state index contributed by atoms with van der Waals surface area (Å²) in [5, 5.41) is 3.78. The van der Waals surface area contributed by atoms with Crippen molar-refractivity contribution in [3.05, 3.63) is 0 Å². The lowest BCUT2D eigenvalue weighted by molar-refractivity contribution is 0.0620. The maximum absolute atomic E-state index is 12.8. The molecule has 0 aromatic rings. The Kier molecular flexibility index (Phi) is 6.08. The molecule has 1 aliphatic heterocycles. The molecular formula is C16H31FN2. The van der Waals surface area contributed by atoms with Crippen LogP contribution in [0.1, 0.15) is 52.4 Å². The summed E-state index contributed by atoms with van der Waals surface area (Å²) in [6, 6.07) is 1.13. The Labute approximate surface area is 118 Å². The van der Waals surface area contributed by atoms with Gasteiger partial charge in [0.25, 0.3) is 0 Å². The molecule has 0 spiro atoms. The van der Waals surface area contributed by atoms with E-state index >= 15 is 0 Å². The van der Waals surface area contributed by atoms with E-state index in [9.17, 15) is 4.39 Å². The predicted octanol–water partition coefficient (Wildman–Crippen LogP) is 3.22. The van der Waals surface area contributed by atoms with Gasteiger partial charge in [0.2, 0.25) is 0 Å². The molecule has 112 valence electrons. The molecule has 0 bridgehead atoms. The molecule has 1 N–H and O–H groups in total. The molecule has 0 radical (unpaired) electrons. The van der Waals surface area contributed by atoms with Crippen LogP contribution in [0.3, 0.4) is 0 Å². The topological polar surface area (TPSA) is 15.3 Å². The predicted molar refractivity (Wildman–Crippen MR) is 79.2 cm³/mol. The molecule has 1 saturated carbocycles. The molecule has 1 heterocycles. The highest BCUT2D eigenvalue weighted by atomic mass is 19.1. The van der Waals surface area contributed by atoms with Crippen LogP contribution >= 0.6 is 0 Å². The quantitative estimate of drug-likeness (QED) is 0.825. The summed E-state index contributed by atoms with van der Waals surface area (Å²) in [5.74, 6) is 1.49. The summed E-state index contributed by atoms with van der Waals surface area (Å²) >= 11 is 0. The van der Waals surface area contributed by atoms with Crippen molar-refractivity contribution in [3.8, 4) is 0 Å². The Balaban J connectivity index is 1.93. The van der Waals surface area contributed by atoms with Gasteiger partial charge < -0.3 is 5.32 Å². The average Bonchev–Trinajstić information content (AvgIpc) is 2.47. The molecule has 1 saturated heterocycles. The molecule has 3 atom stereocenters. The SMILES string of the molecule is CCC(C)C1CNC(C2CCCCC2)CN1CCF. The third-order valence-corrected chi connectivity index (χ3v) is 5.38. The monoisotopic (exact) mass is 270 g/mol. The van der Waals surface area contributed by atoms with Crippen molar-refractivity contribution >= 4 is 0 Å². The lowest BCUT2D eigenvalue weighted by Crippen LogP contribution is -2.60. The molecular weight excluding hydrogens is 239 g/mol. The smallest absolute Gasteiger partial charge is 0.102 e. The van der Waals surface area contributed by atoms with E-state index < -0.39 is 0 Å². The highest BCUT2D eigenvalue weighted by Gasteiger charge is 2.34. The lowest BCUT2D eigenvalue weighted by Gasteiger charge is -2.45. The second kappa shape index (κ2) is 7.58. The van der Waals surface area contributed by atoms with Crippen LogP contribution < -0.4 is 5.32 Å². The average molecular weight is 270 g/mol. The minimum absolute atomic E-state index is 0.204. The van der Waals surface area contributed by atoms with Crippen molar-refractivity contribution in [1.82, 2.24) is 10.2 Å². The molecule has 3 heteroatoms. The van der Waals surface area contributed by atoms with Crippen LogP contribution in [0.25, 0.3) is 0 Å². The Morgan fingerprint density at radius 1 is 1.26 bits per heavy atom. The fourth-order valence-corrected chi connectivity index (χ4v) is 3.90. The standard InChI is InChI=1S/C16H31FN2/c1-3-13(2)16-11-18-15(12-19(16)10-9-17)14-7-5-4-6-8-14/h13-16,18H,3-12H2,1-2H3. The first-order chi connectivity index (χ1) is 9.26.